The Morgan fingerprint density at radius 2 is 1.83 bits per heavy atom. The van der Waals surface area contributed by atoms with Gasteiger partial charge in [-0.15, -0.1) is 0 Å². The van der Waals surface area contributed by atoms with E-state index >= 15 is 8.78 Å². The predicted molar refractivity (Wildman–Crippen MR) is 180 cm³/mol. The fourth-order valence-corrected chi connectivity index (χ4v) is 7.36. The van der Waals surface area contributed by atoms with E-state index in [1.165, 1.54) is 10.6 Å². The molecule has 2 N–H and O–H groups in total. The number of hydrogen-bond donors (Lipinski definition) is 1. The monoisotopic (exact) mass is 687 g/mol. The number of amides is 1. The van der Waals surface area contributed by atoms with Crippen LogP contribution < -0.4 is 21.2 Å². The number of halogens is 5. The number of likely N-dealkylation sites (N-methyl/N-ethyl adjacent to an activating group) is 1. The van der Waals surface area contributed by atoms with Crippen molar-refractivity contribution in [3.8, 4) is 16.8 Å². The minimum Gasteiger partial charge on any atom is -0.397 e. The summed E-state index contributed by atoms with van der Waals surface area (Å²) < 4.78 is 34.4. The van der Waals surface area contributed by atoms with E-state index in [0.717, 1.165) is 6.07 Å². The smallest absolute Gasteiger partial charge is 0.354 e. The molecule has 46 heavy (non-hydrogen) atoms. The number of nitrogens with zero attached hydrogens (tertiary/aromatic N) is 6. The van der Waals surface area contributed by atoms with Gasteiger partial charge in [-0.25, -0.2) is 13.6 Å². The number of aromatic nitrogens is 3. The zero-order chi connectivity index (χ0) is 33.4. The Morgan fingerprint density at radius 3 is 2.50 bits per heavy atom. The van der Waals surface area contributed by atoms with Crippen LogP contribution in [-0.4, -0.2) is 64.6 Å². The molecule has 4 aromatic rings. The van der Waals surface area contributed by atoms with Crippen LogP contribution in [0.3, 0.4) is 0 Å². The van der Waals surface area contributed by atoms with Crippen LogP contribution in [0.4, 0.5) is 26.0 Å². The predicted octanol–water partition coefficient (Wildman–Crippen LogP) is 6.35. The molecule has 0 bridgehead atoms. The highest BCUT2D eigenvalue weighted by Crippen LogP contribution is 2.51. The zero-order valence-corrected chi connectivity index (χ0v) is 27.7. The Hall–Kier alpha value is -3.93. The van der Waals surface area contributed by atoms with Gasteiger partial charge in [0.05, 0.1) is 54.8 Å². The fraction of sp³-hybridized carbons (Fsp3) is 0.312. The molecule has 2 aromatic heterocycles. The Bertz CT molecular complexity index is 2010. The quantitative estimate of drug-likeness (QED) is 0.152. The molecule has 240 valence electrons. The van der Waals surface area contributed by atoms with Gasteiger partial charge in [0, 0.05) is 50.6 Å². The lowest BCUT2D eigenvalue weighted by molar-refractivity contribution is -0.126. The van der Waals surface area contributed by atoms with Crippen LogP contribution in [0.1, 0.15) is 31.0 Å². The number of nitrogens with two attached hydrogens (primary N) is 1. The molecule has 0 saturated carbocycles. The summed E-state index contributed by atoms with van der Waals surface area (Å²) in [6.07, 6.45) is 2.88. The van der Waals surface area contributed by atoms with Crippen molar-refractivity contribution in [2.24, 2.45) is 0 Å². The van der Waals surface area contributed by atoms with Gasteiger partial charge in [-0.2, -0.15) is 4.98 Å². The van der Waals surface area contributed by atoms with Gasteiger partial charge in [0.25, 0.3) is 0 Å². The van der Waals surface area contributed by atoms with Crippen molar-refractivity contribution in [3.63, 3.8) is 0 Å². The third-order valence-corrected chi connectivity index (χ3v) is 9.62. The van der Waals surface area contributed by atoms with Gasteiger partial charge >= 0.3 is 5.69 Å². The number of piperazine rings is 1. The lowest BCUT2D eigenvalue weighted by Gasteiger charge is -2.41. The summed E-state index contributed by atoms with van der Waals surface area (Å²) in [4.78, 5) is 41.2. The average Bonchev–Trinajstić information content (AvgIpc) is 3.13. The number of benzene rings is 2. The summed E-state index contributed by atoms with van der Waals surface area (Å²) in [5, 5.41) is -0.528. The molecule has 2 aliphatic heterocycles. The number of pyridine rings is 1. The van der Waals surface area contributed by atoms with Gasteiger partial charge < -0.3 is 20.4 Å². The molecule has 1 atom stereocenters. The second kappa shape index (κ2) is 11.7. The minimum atomic E-state index is -1.02. The number of hydrogen-bond acceptors (Lipinski definition) is 7. The Morgan fingerprint density at radius 1 is 1.11 bits per heavy atom. The molecule has 0 radical (unpaired) electrons. The highest BCUT2D eigenvalue weighted by Gasteiger charge is 2.39. The summed E-state index contributed by atoms with van der Waals surface area (Å²) in [7, 11) is 1.67. The van der Waals surface area contributed by atoms with E-state index in [4.69, 9.17) is 40.5 Å². The third kappa shape index (κ3) is 4.78. The van der Waals surface area contributed by atoms with Gasteiger partial charge in [-0.3, -0.25) is 14.3 Å². The Kier molecular flexibility index (Phi) is 8.15. The number of carbonyl (C=O) groups excluding carboxylic acids is 1. The number of aryl methyl sites for hydroxylation is 1. The highest BCUT2D eigenvalue weighted by atomic mass is 35.5. The average molecular weight is 689 g/mol. The molecule has 6 rings (SSSR count). The van der Waals surface area contributed by atoms with Gasteiger partial charge in [0.15, 0.2) is 11.6 Å². The van der Waals surface area contributed by atoms with E-state index in [9.17, 15) is 9.59 Å². The summed E-state index contributed by atoms with van der Waals surface area (Å²) in [5.74, 6) is -2.10. The van der Waals surface area contributed by atoms with Crippen LogP contribution in [-0.2, 0) is 4.79 Å². The van der Waals surface area contributed by atoms with Crippen LogP contribution in [0.2, 0.25) is 15.1 Å². The second-order valence-corrected chi connectivity index (χ2v) is 13.0. The first-order valence-corrected chi connectivity index (χ1v) is 15.7. The molecule has 2 aromatic carbocycles. The summed E-state index contributed by atoms with van der Waals surface area (Å²) in [6.45, 7) is 10.4. The van der Waals surface area contributed by atoms with Crippen LogP contribution >= 0.6 is 34.8 Å². The summed E-state index contributed by atoms with van der Waals surface area (Å²) >= 11 is 19.7. The first-order chi connectivity index (χ1) is 21.8. The molecule has 1 fully saturated rings. The molecule has 0 spiro atoms. The lowest BCUT2D eigenvalue weighted by Crippen LogP contribution is -2.57. The van der Waals surface area contributed by atoms with E-state index in [1.807, 2.05) is 25.7 Å². The maximum absolute atomic E-state index is 17.2. The molecular formula is C32H30Cl3F2N7O2. The lowest BCUT2D eigenvalue weighted by atomic mass is 9.97. The van der Waals surface area contributed by atoms with Crippen molar-refractivity contribution in [1.29, 1.82) is 0 Å². The minimum absolute atomic E-state index is 0.0178. The SMILES string of the molecule is C=CC(=O)N1CCN2c3nc(=O)n(-c4c(C)ccnc4C(C)C)c4c(Cl)c(-c5c(N)c(Cl)cc(Cl)c5F)c(F)c(c34)N(C)CC2C1. The Labute approximate surface area is 278 Å². The van der Waals surface area contributed by atoms with Crippen LogP contribution in [0, 0.1) is 18.6 Å². The van der Waals surface area contributed by atoms with Crippen LogP contribution in [0.25, 0.3) is 27.7 Å². The molecule has 1 amide bonds. The number of rotatable bonds is 4. The van der Waals surface area contributed by atoms with Gasteiger partial charge in [-0.05, 0) is 36.6 Å². The first kappa shape index (κ1) is 32.0. The molecule has 1 unspecified atom stereocenters. The summed E-state index contributed by atoms with van der Waals surface area (Å²) in [6, 6.07) is 2.49. The molecule has 14 heteroatoms. The zero-order valence-electron chi connectivity index (χ0n) is 25.5. The number of anilines is 3. The van der Waals surface area contributed by atoms with Crippen molar-refractivity contribution in [2.45, 2.75) is 32.7 Å². The van der Waals surface area contributed by atoms with Gasteiger partial charge in [-0.1, -0.05) is 55.2 Å². The van der Waals surface area contributed by atoms with Crippen molar-refractivity contribution >= 4 is 68.8 Å². The largest absolute Gasteiger partial charge is 0.397 e. The number of carbonyl (C=O) groups is 1. The topological polar surface area (TPSA) is 101 Å². The number of fused-ring (bicyclic) bond motifs is 2. The molecule has 4 heterocycles. The first-order valence-electron chi connectivity index (χ1n) is 14.5. The van der Waals surface area contributed by atoms with Crippen molar-refractivity contribution < 1.29 is 13.6 Å². The maximum Gasteiger partial charge on any atom is 0.354 e. The highest BCUT2D eigenvalue weighted by molar-refractivity contribution is 6.41. The molecule has 9 nitrogen and oxygen atoms in total. The maximum atomic E-state index is 17.2. The molecule has 1 saturated heterocycles. The third-order valence-electron chi connectivity index (χ3n) is 8.66. The van der Waals surface area contributed by atoms with E-state index in [-0.39, 0.29) is 68.1 Å². The fourth-order valence-electron chi connectivity index (χ4n) is 6.54. The van der Waals surface area contributed by atoms with Crippen LogP contribution in [0.5, 0.6) is 0 Å². The van der Waals surface area contributed by atoms with Crippen molar-refractivity contribution in [3.05, 3.63) is 79.4 Å². The normalized spacial score (nSPS) is 16.2. The van der Waals surface area contributed by atoms with E-state index in [1.54, 1.807) is 29.1 Å². The van der Waals surface area contributed by atoms with E-state index < -0.39 is 34.5 Å². The standard InChI is InChI=1S/C32H30Cl3F2N7O2/c1-6-19(45)42-9-10-43-16(13-42)12-41(5)30-22-29(23(35)20(25(30)37)21-24(36)17(33)11-18(34)26(21)38)44(32(46)40-31(22)43)28-15(4)7-8-39-27(28)14(2)3/h6-8,11,14,16H,1,9-10,12-13,38H2,2-5H3. The second-order valence-electron chi connectivity index (χ2n) is 11.8. The molecular weight excluding hydrogens is 659 g/mol. The van der Waals surface area contributed by atoms with E-state index in [2.05, 4.69) is 16.5 Å². The van der Waals surface area contributed by atoms with E-state index in [0.29, 0.717) is 30.0 Å². The molecule has 2 aliphatic rings. The summed E-state index contributed by atoms with van der Waals surface area (Å²) in [5.41, 5.74) is 6.27. The van der Waals surface area contributed by atoms with Crippen LogP contribution in [0.15, 0.2) is 35.8 Å². The number of nitrogen functional groups attached to an aromatic ring is 1. The van der Waals surface area contributed by atoms with Crippen molar-refractivity contribution in [1.82, 2.24) is 19.4 Å². The Balaban J connectivity index is 1.81. The molecule has 0 aliphatic carbocycles. The van der Waals surface area contributed by atoms with Gasteiger partial charge in [0.1, 0.15) is 5.82 Å². The van der Waals surface area contributed by atoms with Crippen molar-refractivity contribution in [2.75, 3.05) is 48.8 Å². The van der Waals surface area contributed by atoms with Gasteiger partial charge in [0.2, 0.25) is 5.91 Å².